The van der Waals surface area contributed by atoms with Crippen molar-refractivity contribution in [2.45, 2.75) is 19.4 Å². The standard InChI is InChI=1S/C11H12BNO3/c13-6-1-2-7-15-10-5-3-4-9-8-16-12(14)11(9)10/h3-5,14H,1-2,7-8H2. The van der Waals surface area contributed by atoms with Crippen molar-refractivity contribution in [3.8, 4) is 11.8 Å². The molecular formula is C11H12BNO3. The summed E-state index contributed by atoms with van der Waals surface area (Å²) in [5, 5.41) is 18.0. The van der Waals surface area contributed by atoms with Crippen LogP contribution in [-0.4, -0.2) is 18.7 Å². The molecule has 1 N–H and O–H groups in total. The number of unbranched alkanes of at least 4 members (excludes halogenated alkanes) is 1. The number of hydrogen-bond donors (Lipinski definition) is 1. The molecule has 0 aromatic heterocycles. The van der Waals surface area contributed by atoms with Gasteiger partial charge in [0.25, 0.3) is 0 Å². The number of ether oxygens (including phenoxy) is 1. The smallest absolute Gasteiger partial charge is 0.494 e. The summed E-state index contributed by atoms with van der Waals surface area (Å²) in [7, 11) is -0.887. The molecule has 4 nitrogen and oxygen atoms in total. The van der Waals surface area contributed by atoms with Gasteiger partial charge in [-0.15, -0.1) is 0 Å². The lowest BCUT2D eigenvalue weighted by atomic mass is 9.79. The van der Waals surface area contributed by atoms with Crippen LogP contribution >= 0.6 is 0 Å². The first kappa shape index (κ1) is 11.0. The predicted octanol–water partition coefficient (Wildman–Crippen LogP) is 0.587. The molecule has 0 aliphatic carbocycles. The molecule has 0 spiro atoms. The third-order valence-electron chi connectivity index (χ3n) is 2.49. The highest BCUT2D eigenvalue weighted by Crippen LogP contribution is 2.18. The number of nitriles is 1. The molecule has 1 aromatic carbocycles. The second kappa shape index (κ2) is 5.02. The Labute approximate surface area is 94.6 Å². The number of rotatable bonds is 4. The van der Waals surface area contributed by atoms with Gasteiger partial charge in [0.05, 0.1) is 19.3 Å². The van der Waals surface area contributed by atoms with Gasteiger partial charge in [-0.3, -0.25) is 0 Å². The molecule has 0 radical (unpaired) electrons. The van der Waals surface area contributed by atoms with Crippen LogP contribution < -0.4 is 10.2 Å². The lowest BCUT2D eigenvalue weighted by Gasteiger charge is -2.09. The van der Waals surface area contributed by atoms with Crippen molar-refractivity contribution in [1.29, 1.82) is 5.26 Å². The first-order valence-corrected chi connectivity index (χ1v) is 5.24. The average molecular weight is 217 g/mol. The van der Waals surface area contributed by atoms with Gasteiger partial charge in [-0.25, -0.2) is 0 Å². The molecule has 0 saturated carbocycles. The van der Waals surface area contributed by atoms with Gasteiger partial charge in [0.2, 0.25) is 0 Å². The monoisotopic (exact) mass is 217 g/mol. The molecule has 0 fully saturated rings. The number of fused-ring (bicyclic) bond motifs is 1. The van der Waals surface area contributed by atoms with E-state index in [-0.39, 0.29) is 0 Å². The van der Waals surface area contributed by atoms with E-state index in [0.717, 1.165) is 11.0 Å². The maximum absolute atomic E-state index is 9.61. The van der Waals surface area contributed by atoms with Crippen LogP contribution in [0, 0.1) is 11.3 Å². The van der Waals surface area contributed by atoms with Gasteiger partial charge in [-0.05, 0) is 18.1 Å². The van der Waals surface area contributed by atoms with E-state index in [0.29, 0.717) is 31.8 Å². The van der Waals surface area contributed by atoms with E-state index in [9.17, 15) is 5.02 Å². The van der Waals surface area contributed by atoms with E-state index in [2.05, 4.69) is 6.07 Å². The molecule has 1 heterocycles. The largest absolute Gasteiger partial charge is 0.495 e. The molecule has 0 saturated heterocycles. The summed E-state index contributed by atoms with van der Waals surface area (Å²) in [4.78, 5) is 0. The number of hydrogen-bond acceptors (Lipinski definition) is 4. The Kier molecular flexibility index (Phi) is 3.45. The minimum atomic E-state index is -0.887. The van der Waals surface area contributed by atoms with E-state index >= 15 is 0 Å². The molecule has 0 atom stereocenters. The van der Waals surface area contributed by atoms with E-state index in [1.165, 1.54) is 0 Å². The van der Waals surface area contributed by atoms with Crippen molar-refractivity contribution in [3.63, 3.8) is 0 Å². The highest BCUT2D eigenvalue weighted by atomic mass is 16.5. The summed E-state index contributed by atoms with van der Waals surface area (Å²) in [6, 6.07) is 7.65. The van der Waals surface area contributed by atoms with Crippen LogP contribution in [0.1, 0.15) is 18.4 Å². The van der Waals surface area contributed by atoms with Crippen molar-refractivity contribution >= 4 is 12.6 Å². The van der Waals surface area contributed by atoms with Gasteiger partial charge in [0.1, 0.15) is 5.75 Å². The Balaban J connectivity index is 2.05. The van der Waals surface area contributed by atoms with Crippen LogP contribution in [0.25, 0.3) is 0 Å². The second-order valence-electron chi connectivity index (χ2n) is 3.60. The molecule has 16 heavy (non-hydrogen) atoms. The van der Waals surface area contributed by atoms with Gasteiger partial charge in [-0.1, -0.05) is 12.1 Å². The zero-order chi connectivity index (χ0) is 11.4. The van der Waals surface area contributed by atoms with Crippen molar-refractivity contribution in [2.75, 3.05) is 6.61 Å². The van der Waals surface area contributed by atoms with Crippen LogP contribution in [0.5, 0.6) is 5.75 Å². The minimum absolute atomic E-state index is 0.423. The summed E-state index contributed by atoms with van der Waals surface area (Å²) >= 11 is 0. The van der Waals surface area contributed by atoms with E-state index in [1.54, 1.807) is 0 Å². The fourth-order valence-corrected chi connectivity index (χ4v) is 1.71. The quantitative estimate of drug-likeness (QED) is 0.592. The third kappa shape index (κ3) is 2.18. The lowest BCUT2D eigenvalue weighted by Crippen LogP contribution is -2.30. The summed E-state index contributed by atoms with van der Waals surface area (Å²) < 4.78 is 10.6. The zero-order valence-electron chi connectivity index (χ0n) is 8.85. The van der Waals surface area contributed by atoms with Gasteiger partial charge in [0, 0.05) is 11.9 Å². The van der Waals surface area contributed by atoms with Gasteiger partial charge in [0.15, 0.2) is 0 Å². The number of nitrogens with zero attached hydrogens (tertiary/aromatic N) is 1. The summed E-state index contributed by atoms with van der Waals surface area (Å²) in [6.45, 7) is 0.905. The van der Waals surface area contributed by atoms with Crippen molar-refractivity contribution in [3.05, 3.63) is 23.8 Å². The van der Waals surface area contributed by atoms with Gasteiger partial charge >= 0.3 is 7.12 Å². The van der Waals surface area contributed by atoms with Crippen LogP contribution in [0.2, 0.25) is 0 Å². The maximum atomic E-state index is 9.61. The predicted molar refractivity (Wildman–Crippen MR) is 59.2 cm³/mol. The molecule has 0 bridgehead atoms. The Hall–Kier alpha value is -1.51. The van der Waals surface area contributed by atoms with E-state index in [4.69, 9.17) is 14.7 Å². The van der Waals surface area contributed by atoms with Crippen molar-refractivity contribution in [2.24, 2.45) is 0 Å². The number of benzene rings is 1. The lowest BCUT2D eigenvalue weighted by molar-refractivity contribution is 0.274. The third-order valence-corrected chi connectivity index (χ3v) is 2.49. The Bertz CT molecular complexity index is 416. The van der Waals surface area contributed by atoms with Gasteiger partial charge < -0.3 is 14.4 Å². The van der Waals surface area contributed by atoms with E-state index in [1.807, 2.05) is 18.2 Å². The molecule has 2 rings (SSSR count). The second-order valence-corrected chi connectivity index (χ2v) is 3.60. The normalized spacial score (nSPS) is 13.4. The fourth-order valence-electron chi connectivity index (χ4n) is 1.71. The highest BCUT2D eigenvalue weighted by Gasteiger charge is 2.30. The molecule has 1 aliphatic rings. The molecule has 5 heteroatoms. The molecule has 1 aliphatic heterocycles. The van der Waals surface area contributed by atoms with Crippen LogP contribution in [0.15, 0.2) is 18.2 Å². The van der Waals surface area contributed by atoms with Crippen LogP contribution in [0.3, 0.4) is 0 Å². The van der Waals surface area contributed by atoms with Crippen LogP contribution in [-0.2, 0) is 11.3 Å². The maximum Gasteiger partial charge on any atom is 0.495 e. The van der Waals surface area contributed by atoms with Crippen molar-refractivity contribution in [1.82, 2.24) is 0 Å². The highest BCUT2D eigenvalue weighted by molar-refractivity contribution is 6.62. The van der Waals surface area contributed by atoms with Crippen LogP contribution in [0.4, 0.5) is 0 Å². The SMILES string of the molecule is N#CCCCOc1cccc2c1B(O)OC2. The fraction of sp³-hybridized carbons (Fsp3) is 0.364. The Morgan fingerprint density at radius 3 is 3.25 bits per heavy atom. The molecule has 82 valence electrons. The zero-order valence-corrected chi connectivity index (χ0v) is 8.85. The molecule has 0 amide bonds. The Morgan fingerprint density at radius 2 is 2.44 bits per heavy atom. The summed E-state index contributed by atoms with van der Waals surface area (Å²) in [6.07, 6.45) is 1.17. The Morgan fingerprint density at radius 1 is 1.56 bits per heavy atom. The van der Waals surface area contributed by atoms with E-state index < -0.39 is 7.12 Å². The molecule has 1 aromatic rings. The minimum Gasteiger partial charge on any atom is -0.494 e. The van der Waals surface area contributed by atoms with Crippen molar-refractivity contribution < 1.29 is 14.4 Å². The first-order valence-electron chi connectivity index (χ1n) is 5.24. The first-order chi connectivity index (χ1) is 7.83. The summed E-state index contributed by atoms with van der Waals surface area (Å²) in [5.74, 6) is 0.653. The van der Waals surface area contributed by atoms with Gasteiger partial charge in [-0.2, -0.15) is 5.26 Å². The average Bonchev–Trinajstić information content (AvgIpc) is 2.68. The molecular weight excluding hydrogens is 205 g/mol. The molecule has 0 unspecified atom stereocenters. The summed E-state index contributed by atoms with van der Waals surface area (Å²) in [5.41, 5.74) is 1.68. The topological polar surface area (TPSA) is 62.5 Å².